The Morgan fingerprint density at radius 1 is 1.30 bits per heavy atom. The fraction of sp³-hybridized carbons (Fsp3) is 0.889. The van der Waals surface area contributed by atoms with Gasteiger partial charge in [0, 0.05) is 32.1 Å². The number of likely N-dealkylation sites (tertiary alicyclic amines) is 2. The molecule has 2 aliphatic heterocycles. The molecule has 0 aromatic carbocycles. The first-order chi connectivity index (χ1) is 10.7. The van der Waals surface area contributed by atoms with Crippen molar-refractivity contribution in [1.82, 2.24) is 9.80 Å². The van der Waals surface area contributed by atoms with E-state index in [1.807, 2.05) is 9.80 Å². The minimum Gasteiger partial charge on any atom is -0.340 e. The number of piperidine rings is 2. The summed E-state index contributed by atoms with van der Waals surface area (Å²) in [5.74, 6) is 0.649. The molecular formula is C18H33N3O2. The summed E-state index contributed by atoms with van der Waals surface area (Å²) in [5, 5.41) is 0. The van der Waals surface area contributed by atoms with Gasteiger partial charge in [0.15, 0.2) is 0 Å². The zero-order valence-corrected chi connectivity index (χ0v) is 15.2. The van der Waals surface area contributed by atoms with Gasteiger partial charge in [0.25, 0.3) is 0 Å². The van der Waals surface area contributed by atoms with Gasteiger partial charge in [-0.05, 0) is 37.0 Å². The van der Waals surface area contributed by atoms with Gasteiger partial charge in [-0.25, -0.2) is 0 Å². The highest BCUT2D eigenvalue weighted by molar-refractivity contribution is 5.88. The predicted molar refractivity (Wildman–Crippen MR) is 91.8 cm³/mol. The molecule has 2 aliphatic rings. The Morgan fingerprint density at radius 3 is 2.57 bits per heavy atom. The monoisotopic (exact) mass is 323 g/mol. The second-order valence-corrected chi connectivity index (χ2v) is 8.33. The molecule has 2 atom stereocenters. The third-order valence-electron chi connectivity index (χ3n) is 5.34. The van der Waals surface area contributed by atoms with Crippen LogP contribution < -0.4 is 5.73 Å². The molecular weight excluding hydrogens is 290 g/mol. The lowest BCUT2D eigenvalue weighted by atomic mass is 9.79. The molecule has 0 radical (unpaired) electrons. The van der Waals surface area contributed by atoms with Gasteiger partial charge in [0.05, 0.1) is 0 Å². The van der Waals surface area contributed by atoms with E-state index in [9.17, 15) is 9.59 Å². The Balaban J connectivity index is 2.14. The van der Waals surface area contributed by atoms with Gasteiger partial charge < -0.3 is 15.5 Å². The molecule has 0 aliphatic carbocycles. The average molecular weight is 323 g/mol. The molecule has 2 heterocycles. The van der Waals surface area contributed by atoms with E-state index >= 15 is 0 Å². The Bertz CT molecular complexity index is 448. The van der Waals surface area contributed by atoms with E-state index in [0.29, 0.717) is 25.4 Å². The first-order valence-electron chi connectivity index (χ1n) is 9.06. The van der Waals surface area contributed by atoms with Crippen LogP contribution in [0.1, 0.15) is 59.8 Å². The third-order valence-corrected chi connectivity index (χ3v) is 5.34. The van der Waals surface area contributed by atoms with Crippen LogP contribution in [0.3, 0.4) is 0 Å². The number of carbonyl (C=O) groups is 2. The Hall–Kier alpha value is -1.10. The largest absolute Gasteiger partial charge is 0.340 e. The van der Waals surface area contributed by atoms with Crippen molar-refractivity contribution in [1.29, 1.82) is 0 Å². The molecule has 2 amide bonds. The summed E-state index contributed by atoms with van der Waals surface area (Å²) in [4.78, 5) is 29.3. The van der Waals surface area contributed by atoms with Crippen molar-refractivity contribution in [3.63, 3.8) is 0 Å². The van der Waals surface area contributed by atoms with Crippen LogP contribution in [0.4, 0.5) is 0 Å². The van der Waals surface area contributed by atoms with E-state index in [1.165, 1.54) is 0 Å². The zero-order chi connectivity index (χ0) is 17.2. The van der Waals surface area contributed by atoms with E-state index < -0.39 is 0 Å². The quantitative estimate of drug-likeness (QED) is 0.860. The number of rotatable bonds is 4. The molecule has 0 saturated carbocycles. The van der Waals surface area contributed by atoms with Crippen LogP contribution in [0, 0.1) is 11.3 Å². The molecule has 2 rings (SSSR count). The lowest BCUT2D eigenvalue weighted by Gasteiger charge is -2.45. The summed E-state index contributed by atoms with van der Waals surface area (Å²) < 4.78 is 0. The van der Waals surface area contributed by atoms with Crippen molar-refractivity contribution in [2.75, 3.05) is 19.6 Å². The van der Waals surface area contributed by atoms with Crippen LogP contribution in [0.25, 0.3) is 0 Å². The Morgan fingerprint density at radius 2 is 2.00 bits per heavy atom. The van der Waals surface area contributed by atoms with Gasteiger partial charge >= 0.3 is 0 Å². The third kappa shape index (κ3) is 4.25. The van der Waals surface area contributed by atoms with Gasteiger partial charge in [0.1, 0.15) is 6.04 Å². The summed E-state index contributed by atoms with van der Waals surface area (Å²) in [6, 6.07) is -0.167. The molecule has 2 unspecified atom stereocenters. The zero-order valence-electron chi connectivity index (χ0n) is 15.2. The highest BCUT2D eigenvalue weighted by Gasteiger charge is 2.40. The van der Waals surface area contributed by atoms with E-state index in [2.05, 4.69) is 27.7 Å². The maximum absolute atomic E-state index is 13.2. The Labute approximate surface area is 140 Å². The minimum absolute atomic E-state index is 0.0673. The van der Waals surface area contributed by atoms with Crippen molar-refractivity contribution in [2.24, 2.45) is 17.1 Å². The maximum atomic E-state index is 13.2. The van der Waals surface area contributed by atoms with Crippen LogP contribution in [-0.4, -0.2) is 53.3 Å². The summed E-state index contributed by atoms with van der Waals surface area (Å²) >= 11 is 0. The van der Waals surface area contributed by atoms with Gasteiger partial charge in [-0.15, -0.1) is 0 Å². The summed E-state index contributed by atoms with van der Waals surface area (Å²) in [7, 11) is 0. The van der Waals surface area contributed by atoms with Crippen LogP contribution in [0.2, 0.25) is 0 Å². The fourth-order valence-corrected chi connectivity index (χ4v) is 3.74. The predicted octanol–water partition coefficient (Wildman–Crippen LogP) is 2.00. The average Bonchev–Trinajstić information content (AvgIpc) is 2.47. The molecule has 0 aromatic heterocycles. The smallest absolute Gasteiger partial charge is 0.245 e. The number of hydrogen-bond donors (Lipinski definition) is 1. The van der Waals surface area contributed by atoms with Crippen molar-refractivity contribution in [2.45, 2.75) is 71.9 Å². The van der Waals surface area contributed by atoms with Crippen molar-refractivity contribution in [3.05, 3.63) is 0 Å². The lowest BCUT2D eigenvalue weighted by Crippen LogP contribution is -2.59. The van der Waals surface area contributed by atoms with Gasteiger partial charge in [-0.3, -0.25) is 9.59 Å². The molecule has 0 aromatic rings. The van der Waals surface area contributed by atoms with Crippen molar-refractivity contribution >= 4 is 11.8 Å². The number of nitrogens with two attached hydrogens (primary N) is 1. The normalized spacial score (nSPS) is 26.5. The highest BCUT2D eigenvalue weighted by atomic mass is 16.2. The molecule has 0 bridgehead atoms. The van der Waals surface area contributed by atoms with E-state index in [-0.39, 0.29) is 29.3 Å². The molecule has 5 nitrogen and oxygen atoms in total. The second kappa shape index (κ2) is 7.20. The Kier molecular flexibility index (Phi) is 5.71. The minimum atomic E-state index is -0.298. The molecule has 132 valence electrons. The van der Waals surface area contributed by atoms with Gasteiger partial charge in [0.2, 0.25) is 11.8 Å². The molecule has 2 fully saturated rings. The van der Waals surface area contributed by atoms with Crippen molar-refractivity contribution in [3.8, 4) is 0 Å². The van der Waals surface area contributed by atoms with Crippen LogP contribution in [0.15, 0.2) is 0 Å². The number of nitrogens with zero attached hydrogens (tertiary/aromatic N) is 2. The van der Waals surface area contributed by atoms with Crippen molar-refractivity contribution < 1.29 is 9.59 Å². The molecule has 2 saturated heterocycles. The van der Waals surface area contributed by atoms with E-state index in [0.717, 1.165) is 32.2 Å². The molecule has 2 N–H and O–H groups in total. The second-order valence-electron chi connectivity index (χ2n) is 8.33. The van der Waals surface area contributed by atoms with Gasteiger partial charge in [-0.1, -0.05) is 27.7 Å². The molecule has 0 spiro atoms. The first kappa shape index (κ1) is 18.2. The number of carbonyl (C=O) groups excluding carboxylic acids is 2. The SMILES string of the molecule is CC(C)CC(C(=O)N1CCC(N)C(C)(C)C1)N1CCCCC1=O. The van der Waals surface area contributed by atoms with E-state index in [4.69, 9.17) is 5.73 Å². The standard InChI is InChI=1S/C18H33N3O2/c1-13(2)11-14(21-9-6-5-7-16(21)22)17(23)20-10-8-15(19)18(3,4)12-20/h13-15H,5-12,19H2,1-4H3. The molecule has 23 heavy (non-hydrogen) atoms. The lowest BCUT2D eigenvalue weighted by molar-refractivity contribution is -0.150. The molecule has 5 heteroatoms. The summed E-state index contributed by atoms with van der Waals surface area (Å²) in [6.07, 6.45) is 4.11. The van der Waals surface area contributed by atoms with E-state index in [1.54, 1.807) is 0 Å². The number of amides is 2. The topological polar surface area (TPSA) is 66.6 Å². The van der Waals surface area contributed by atoms with Crippen LogP contribution in [0.5, 0.6) is 0 Å². The van der Waals surface area contributed by atoms with Crippen LogP contribution >= 0.6 is 0 Å². The summed E-state index contributed by atoms with van der Waals surface area (Å²) in [6.45, 7) is 10.6. The fourth-order valence-electron chi connectivity index (χ4n) is 3.74. The summed E-state index contributed by atoms with van der Waals surface area (Å²) in [5.41, 5.74) is 6.13. The van der Waals surface area contributed by atoms with Gasteiger partial charge in [-0.2, -0.15) is 0 Å². The van der Waals surface area contributed by atoms with Crippen LogP contribution in [-0.2, 0) is 9.59 Å². The highest BCUT2D eigenvalue weighted by Crippen LogP contribution is 2.29. The maximum Gasteiger partial charge on any atom is 0.245 e. The first-order valence-corrected chi connectivity index (χ1v) is 9.06. The number of hydrogen-bond acceptors (Lipinski definition) is 3.